The number of hydrogen-bond acceptors (Lipinski definition) is 8. The molecule has 0 bridgehead atoms. The number of nitrogens with zero attached hydrogens (tertiary/aromatic N) is 1. The van der Waals surface area contributed by atoms with Crippen molar-refractivity contribution in [2.24, 2.45) is 0 Å². The zero-order valence-corrected chi connectivity index (χ0v) is 18.4. The standard InChI is InChI=1S/C21H28N2O11/c24-17(25)7-6-16(22-21(31)34-12-15-4-2-1-3-5-15)20(30)23(8-10-32-13-18(26)27)9-11-33-14-19(28)29/h1-5,16H,6-14H2,(H,22,31)(H,24,25)(H,26,27)(H,28,29)/t16-/m0/s1. The van der Waals surface area contributed by atoms with Crippen molar-refractivity contribution in [3.05, 3.63) is 35.9 Å². The third-order valence-corrected chi connectivity index (χ3v) is 4.22. The number of rotatable bonds is 17. The van der Waals surface area contributed by atoms with Crippen molar-refractivity contribution in [1.29, 1.82) is 0 Å². The largest absolute Gasteiger partial charge is 0.481 e. The van der Waals surface area contributed by atoms with E-state index in [-0.39, 0.29) is 39.3 Å². The molecule has 0 heterocycles. The number of amides is 2. The summed E-state index contributed by atoms with van der Waals surface area (Å²) in [5.41, 5.74) is 0.707. The molecule has 0 unspecified atom stereocenters. The number of nitrogens with one attached hydrogen (secondary N) is 1. The van der Waals surface area contributed by atoms with E-state index in [0.29, 0.717) is 5.56 Å². The Bertz CT molecular complexity index is 794. The molecule has 13 heteroatoms. The van der Waals surface area contributed by atoms with Crippen molar-refractivity contribution in [3.63, 3.8) is 0 Å². The first-order valence-corrected chi connectivity index (χ1v) is 10.3. The quantitative estimate of drug-likeness (QED) is 0.221. The van der Waals surface area contributed by atoms with Crippen LogP contribution in [0.3, 0.4) is 0 Å². The molecule has 1 atom stereocenters. The fourth-order valence-corrected chi connectivity index (χ4v) is 2.65. The summed E-state index contributed by atoms with van der Waals surface area (Å²) in [5.74, 6) is -4.27. The van der Waals surface area contributed by atoms with E-state index in [0.717, 1.165) is 4.90 Å². The van der Waals surface area contributed by atoms with Crippen LogP contribution in [-0.2, 0) is 40.0 Å². The maximum atomic E-state index is 13.0. The molecule has 0 aliphatic rings. The van der Waals surface area contributed by atoms with Gasteiger partial charge in [-0.3, -0.25) is 9.59 Å². The van der Waals surface area contributed by atoms with E-state index in [4.69, 9.17) is 29.5 Å². The molecular weight excluding hydrogens is 456 g/mol. The van der Waals surface area contributed by atoms with Gasteiger partial charge in [0.15, 0.2) is 0 Å². The van der Waals surface area contributed by atoms with Crippen LogP contribution in [0.5, 0.6) is 0 Å². The van der Waals surface area contributed by atoms with Crippen molar-refractivity contribution in [2.75, 3.05) is 39.5 Å². The zero-order chi connectivity index (χ0) is 25.3. The highest BCUT2D eigenvalue weighted by Gasteiger charge is 2.27. The van der Waals surface area contributed by atoms with Crippen LogP contribution in [0, 0.1) is 0 Å². The van der Waals surface area contributed by atoms with Crippen LogP contribution >= 0.6 is 0 Å². The Hall–Kier alpha value is -3.71. The average molecular weight is 484 g/mol. The van der Waals surface area contributed by atoms with Crippen molar-refractivity contribution < 1.29 is 53.5 Å². The number of hydrogen-bond donors (Lipinski definition) is 4. The molecule has 13 nitrogen and oxygen atoms in total. The minimum Gasteiger partial charge on any atom is -0.481 e. The third-order valence-electron chi connectivity index (χ3n) is 4.22. The molecule has 4 N–H and O–H groups in total. The summed E-state index contributed by atoms with van der Waals surface area (Å²) in [4.78, 5) is 58.7. The van der Waals surface area contributed by atoms with Gasteiger partial charge in [0.25, 0.3) is 0 Å². The van der Waals surface area contributed by atoms with Gasteiger partial charge in [0.1, 0.15) is 25.9 Å². The van der Waals surface area contributed by atoms with Crippen LogP contribution in [0.25, 0.3) is 0 Å². The second-order valence-electron chi connectivity index (χ2n) is 6.91. The minimum atomic E-state index is -1.27. The molecule has 0 aliphatic carbocycles. The molecule has 34 heavy (non-hydrogen) atoms. The van der Waals surface area contributed by atoms with E-state index in [9.17, 15) is 24.0 Å². The molecule has 0 fully saturated rings. The summed E-state index contributed by atoms with van der Waals surface area (Å²) in [7, 11) is 0. The van der Waals surface area contributed by atoms with Crippen molar-refractivity contribution in [2.45, 2.75) is 25.5 Å². The van der Waals surface area contributed by atoms with Gasteiger partial charge in [-0.05, 0) is 12.0 Å². The number of carboxylic acids is 3. The van der Waals surface area contributed by atoms with E-state index in [2.05, 4.69) is 5.32 Å². The summed E-state index contributed by atoms with van der Waals surface area (Å²) in [6.45, 7) is -1.79. The molecule has 1 rings (SSSR count). The van der Waals surface area contributed by atoms with Gasteiger partial charge in [-0.2, -0.15) is 0 Å². The van der Waals surface area contributed by atoms with Crippen LogP contribution in [0.2, 0.25) is 0 Å². The number of alkyl carbamates (subject to hydrolysis) is 1. The summed E-state index contributed by atoms with van der Waals surface area (Å²) in [5, 5.41) is 28.7. The maximum absolute atomic E-state index is 13.0. The molecule has 0 radical (unpaired) electrons. The highest BCUT2D eigenvalue weighted by molar-refractivity contribution is 5.86. The minimum absolute atomic E-state index is 0.0672. The molecule has 0 saturated carbocycles. The predicted octanol–water partition coefficient (Wildman–Crippen LogP) is 0.177. The SMILES string of the molecule is O=C(O)CC[C@H](NC(=O)OCc1ccccc1)C(=O)N(CCOCC(=O)O)CCOCC(=O)O. The second-order valence-corrected chi connectivity index (χ2v) is 6.91. The predicted molar refractivity (Wildman–Crippen MR) is 114 cm³/mol. The van der Waals surface area contributed by atoms with Crippen LogP contribution < -0.4 is 5.32 Å². The lowest BCUT2D eigenvalue weighted by atomic mass is 10.1. The molecule has 0 aromatic heterocycles. The van der Waals surface area contributed by atoms with Crippen LogP contribution in [0.1, 0.15) is 18.4 Å². The van der Waals surface area contributed by atoms with Gasteiger partial charge in [-0.15, -0.1) is 0 Å². The molecule has 2 amide bonds. The smallest absolute Gasteiger partial charge is 0.408 e. The molecule has 1 aromatic carbocycles. The third kappa shape index (κ3) is 13.0. The van der Waals surface area contributed by atoms with Gasteiger partial charge in [0.2, 0.25) is 5.91 Å². The Morgan fingerprint density at radius 3 is 1.91 bits per heavy atom. The van der Waals surface area contributed by atoms with E-state index < -0.39 is 55.6 Å². The number of aliphatic carboxylic acids is 3. The van der Waals surface area contributed by atoms with Crippen molar-refractivity contribution in [3.8, 4) is 0 Å². The highest BCUT2D eigenvalue weighted by Crippen LogP contribution is 2.06. The average Bonchev–Trinajstić information content (AvgIpc) is 2.79. The van der Waals surface area contributed by atoms with E-state index in [1.54, 1.807) is 30.3 Å². The number of ether oxygens (including phenoxy) is 3. The van der Waals surface area contributed by atoms with Gasteiger partial charge in [0, 0.05) is 19.5 Å². The molecular formula is C21H28N2O11. The Morgan fingerprint density at radius 1 is 0.853 bits per heavy atom. The normalized spacial score (nSPS) is 11.3. The Labute approximate surface area is 195 Å². The van der Waals surface area contributed by atoms with Gasteiger partial charge >= 0.3 is 24.0 Å². The van der Waals surface area contributed by atoms with Gasteiger partial charge < -0.3 is 39.7 Å². The molecule has 0 spiro atoms. The zero-order valence-electron chi connectivity index (χ0n) is 18.4. The summed E-state index contributed by atoms with van der Waals surface area (Å²) >= 11 is 0. The van der Waals surface area contributed by atoms with Gasteiger partial charge in [-0.1, -0.05) is 30.3 Å². The summed E-state index contributed by atoms with van der Waals surface area (Å²) in [6.07, 6.45) is -1.59. The van der Waals surface area contributed by atoms with Crippen molar-refractivity contribution in [1.82, 2.24) is 10.2 Å². The summed E-state index contributed by atoms with van der Waals surface area (Å²) < 4.78 is 15.0. The first-order chi connectivity index (χ1) is 16.2. The summed E-state index contributed by atoms with van der Waals surface area (Å²) in [6, 6.07) is 7.50. The molecule has 1 aromatic rings. The Morgan fingerprint density at radius 2 is 1.41 bits per heavy atom. The number of carbonyl (C=O) groups is 5. The van der Waals surface area contributed by atoms with E-state index in [1.165, 1.54) is 0 Å². The fourth-order valence-electron chi connectivity index (χ4n) is 2.65. The van der Waals surface area contributed by atoms with Gasteiger partial charge in [0.05, 0.1) is 13.2 Å². The number of benzene rings is 1. The lowest BCUT2D eigenvalue weighted by molar-refractivity contribution is -0.142. The highest BCUT2D eigenvalue weighted by atomic mass is 16.5. The Balaban J connectivity index is 2.80. The van der Waals surface area contributed by atoms with Gasteiger partial charge in [-0.25, -0.2) is 14.4 Å². The molecule has 188 valence electrons. The van der Waals surface area contributed by atoms with Crippen molar-refractivity contribution >= 4 is 29.9 Å². The first kappa shape index (κ1) is 28.3. The second kappa shape index (κ2) is 16.0. The molecule has 0 saturated heterocycles. The van der Waals surface area contributed by atoms with Crippen LogP contribution in [0.15, 0.2) is 30.3 Å². The monoisotopic (exact) mass is 484 g/mol. The lowest BCUT2D eigenvalue weighted by Gasteiger charge is -2.27. The number of carboxylic acid groups (broad SMARTS) is 3. The molecule has 0 aliphatic heterocycles. The van der Waals surface area contributed by atoms with E-state index in [1.807, 2.05) is 0 Å². The Kier molecular flexibility index (Phi) is 13.3. The fraction of sp³-hybridized carbons (Fsp3) is 0.476. The first-order valence-electron chi connectivity index (χ1n) is 10.3. The number of carbonyl (C=O) groups excluding carboxylic acids is 2. The lowest BCUT2D eigenvalue weighted by Crippen LogP contribution is -2.50. The van der Waals surface area contributed by atoms with Crippen LogP contribution in [-0.4, -0.2) is 95.7 Å². The maximum Gasteiger partial charge on any atom is 0.408 e. The van der Waals surface area contributed by atoms with Crippen LogP contribution in [0.4, 0.5) is 4.79 Å². The topological polar surface area (TPSA) is 189 Å². The van der Waals surface area contributed by atoms with E-state index >= 15 is 0 Å².